The van der Waals surface area contributed by atoms with Gasteiger partial charge in [-0.15, -0.1) is 0 Å². The van der Waals surface area contributed by atoms with E-state index in [1.165, 1.54) is 0 Å². The molecule has 0 fully saturated rings. The van der Waals surface area contributed by atoms with Gasteiger partial charge >= 0.3 is 0 Å². The number of aromatic nitrogens is 4. The van der Waals surface area contributed by atoms with E-state index in [1.807, 2.05) is 64.6 Å². The summed E-state index contributed by atoms with van der Waals surface area (Å²) in [7, 11) is 3.71. The second-order valence-electron chi connectivity index (χ2n) is 8.98. The van der Waals surface area contributed by atoms with Gasteiger partial charge in [-0.2, -0.15) is 10.2 Å². The largest absolute Gasteiger partial charge is 0.507 e. The second-order valence-corrected chi connectivity index (χ2v) is 8.98. The SMILES string of the molecule is Cc1ccc(O)c(-c2nn(C)cc2C#CCCCCC#Cc2cn(C)nc2-c2cc(C)ccc2O)c1.[CH3-].[V]. The van der Waals surface area contributed by atoms with Crippen molar-refractivity contribution in [3.63, 3.8) is 0 Å². The van der Waals surface area contributed by atoms with Crippen molar-refractivity contribution in [1.82, 2.24) is 19.6 Å². The zero-order valence-corrected chi connectivity index (χ0v) is 24.0. The van der Waals surface area contributed by atoms with Crippen molar-refractivity contribution in [2.24, 2.45) is 14.1 Å². The molecule has 4 aromatic rings. The Bertz CT molecular complexity index is 1410. The normalized spacial score (nSPS) is 9.89. The molecule has 2 aromatic heterocycles. The van der Waals surface area contributed by atoms with Gasteiger partial charge in [0.25, 0.3) is 0 Å². The van der Waals surface area contributed by atoms with Crippen LogP contribution in [0.4, 0.5) is 0 Å². The average molecular weight is 545 g/mol. The van der Waals surface area contributed by atoms with Crippen LogP contribution in [0.15, 0.2) is 48.8 Å². The second kappa shape index (κ2) is 13.6. The summed E-state index contributed by atoms with van der Waals surface area (Å²) in [6.07, 6.45) is 7.15. The fourth-order valence-electron chi connectivity index (χ4n) is 3.98. The van der Waals surface area contributed by atoms with Gasteiger partial charge in [-0.3, -0.25) is 9.36 Å². The summed E-state index contributed by atoms with van der Waals surface area (Å²) in [4.78, 5) is 0. The summed E-state index contributed by atoms with van der Waals surface area (Å²) in [5, 5.41) is 29.6. The Morgan fingerprint density at radius 2 is 1.11 bits per heavy atom. The smallest absolute Gasteiger partial charge is 0.125 e. The summed E-state index contributed by atoms with van der Waals surface area (Å²) < 4.78 is 3.44. The maximum atomic E-state index is 10.3. The Hall–Kier alpha value is -3.84. The Labute approximate surface area is 237 Å². The van der Waals surface area contributed by atoms with Gasteiger partial charge in [-0.1, -0.05) is 46.9 Å². The zero-order chi connectivity index (χ0) is 25.7. The predicted molar refractivity (Wildman–Crippen MR) is 149 cm³/mol. The monoisotopic (exact) mass is 544 g/mol. The first-order valence-electron chi connectivity index (χ1n) is 12.0. The van der Waals surface area contributed by atoms with Crippen molar-refractivity contribution in [2.75, 3.05) is 0 Å². The number of hydrogen-bond acceptors (Lipinski definition) is 4. The van der Waals surface area contributed by atoms with Crippen LogP contribution in [0, 0.1) is 45.0 Å². The van der Waals surface area contributed by atoms with Gasteiger partial charge in [0.1, 0.15) is 22.9 Å². The van der Waals surface area contributed by atoms with Crippen LogP contribution in [0.1, 0.15) is 47.9 Å². The minimum Gasteiger partial charge on any atom is -0.507 e. The van der Waals surface area contributed by atoms with E-state index in [0.29, 0.717) is 22.5 Å². The van der Waals surface area contributed by atoms with Gasteiger partial charge in [0.15, 0.2) is 0 Å². The third-order valence-corrected chi connectivity index (χ3v) is 5.77. The van der Waals surface area contributed by atoms with Crippen molar-refractivity contribution in [3.8, 4) is 57.7 Å². The van der Waals surface area contributed by atoms with E-state index in [0.717, 1.165) is 47.9 Å². The fraction of sp³-hybridized carbons (Fsp3) is 0.258. The van der Waals surface area contributed by atoms with Crippen LogP contribution in [0.25, 0.3) is 22.5 Å². The molecule has 0 saturated heterocycles. The van der Waals surface area contributed by atoms with Gasteiger partial charge in [0.05, 0.1) is 11.1 Å². The van der Waals surface area contributed by atoms with Gasteiger partial charge in [0, 0.05) is 69.0 Å². The molecule has 195 valence electrons. The van der Waals surface area contributed by atoms with Crippen LogP contribution in [-0.4, -0.2) is 29.8 Å². The van der Waals surface area contributed by atoms with Crippen LogP contribution >= 0.6 is 0 Å². The number of benzene rings is 2. The average Bonchev–Trinajstić information content (AvgIpc) is 3.40. The summed E-state index contributed by atoms with van der Waals surface area (Å²) in [6.45, 7) is 3.98. The van der Waals surface area contributed by atoms with Gasteiger partial charge in [0.2, 0.25) is 0 Å². The molecule has 38 heavy (non-hydrogen) atoms. The molecule has 2 N–H and O–H groups in total. The number of unbranched alkanes of at least 4 members (excludes halogenated alkanes) is 3. The van der Waals surface area contributed by atoms with Crippen LogP contribution < -0.4 is 0 Å². The molecule has 0 aliphatic carbocycles. The molecule has 0 amide bonds. The first-order valence-corrected chi connectivity index (χ1v) is 12.0. The first kappa shape index (κ1) is 30.4. The molecule has 4 rings (SSSR count). The summed E-state index contributed by atoms with van der Waals surface area (Å²) >= 11 is 0. The van der Waals surface area contributed by atoms with Crippen molar-refractivity contribution in [1.29, 1.82) is 0 Å². The van der Waals surface area contributed by atoms with Crippen molar-refractivity contribution >= 4 is 0 Å². The number of nitrogens with zero attached hydrogens (tertiary/aromatic N) is 4. The third-order valence-electron chi connectivity index (χ3n) is 5.77. The molecular formula is C31H33N4O2V-. The molecule has 6 nitrogen and oxygen atoms in total. The van der Waals surface area contributed by atoms with Gasteiger partial charge in [-0.25, -0.2) is 0 Å². The van der Waals surface area contributed by atoms with Crippen molar-refractivity contribution in [2.45, 2.75) is 39.5 Å². The Kier molecular flexibility index (Phi) is 10.9. The fourth-order valence-corrected chi connectivity index (χ4v) is 3.98. The molecule has 2 aromatic carbocycles. The number of aromatic hydroxyl groups is 2. The Morgan fingerprint density at radius 3 is 1.50 bits per heavy atom. The molecular weight excluding hydrogens is 511 g/mol. The number of hydrogen-bond donors (Lipinski definition) is 2. The Balaban J connectivity index is 0.00000253. The van der Waals surface area contributed by atoms with Crippen LogP contribution in [0.2, 0.25) is 0 Å². The minimum absolute atomic E-state index is 0. The topological polar surface area (TPSA) is 76.1 Å². The Morgan fingerprint density at radius 1 is 0.711 bits per heavy atom. The van der Waals surface area contributed by atoms with Crippen LogP contribution in [0.5, 0.6) is 11.5 Å². The zero-order valence-electron chi connectivity index (χ0n) is 22.6. The summed E-state index contributed by atoms with van der Waals surface area (Å²) in [6, 6.07) is 11.0. The number of phenolic OH excluding ortho intramolecular Hbond substituents is 2. The molecule has 0 bridgehead atoms. The maximum Gasteiger partial charge on any atom is 0.125 e. The van der Waals surface area contributed by atoms with Crippen LogP contribution in [0.3, 0.4) is 0 Å². The molecule has 0 spiro atoms. The van der Waals surface area contributed by atoms with Crippen LogP contribution in [-0.2, 0) is 32.7 Å². The molecule has 1 radical (unpaired) electrons. The molecule has 2 heterocycles. The van der Waals surface area contributed by atoms with Crippen molar-refractivity contribution in [3.05, 3.63) is 78.5 Å². The molecule has 0 aliphatic heterocycles. The molecule has 7 heteroatoms. The van der Waals surface area contributed by atoms with E-state index in [4.69, 9.17) is 0 Å². The molecule has 0 aliphatic rings. The standard InChI is InChI=1S/C30H30N4O2.CH3.V/c1-21-13-15-27(35)25(17-21)29-23(19-33(3)31-29)11-9-7-5-6-8-10-12-24-20-34(4)32-30(24)26-18-22(2)14-16-28(26)36;;/h13-20,35-36H,5-8H2,1-4H3;1H3;/q;-1;. The van der Waals surface area contributed by atoms with Gasteiger partial charge in [-0.05, 0) is 51.0 Å². The van der Waals surface area contributed by atoms with E-state index in [1.54, 1.807) is 21.5 Å². The molecule has 0 unspecified atom stereocenters. The van der Waals surface area contributed by atoms with Crippen molar-refractivity contribution < 1.29 is 28.8 Å². The molecule has 0 atom stereocenters. The number of rotatable bonds is 5. The first-order chi connectivity index (χ1) is 17.3. The minimum atomic E-state index is 0. The van der Waals surface area contributed by atoms with E-state index in [9.17, 15) is 10.2 Å². The maximum absolute atomic E-state index is 10.3. The van der Waals surface area contributed by atoms with E-state index >= 15 is 0 Å². The predicted octanol–water partition coefficient (Wildman–Crippen LogP) is 5.93. The summed E-state index contributed by atoms with van der Waals surface area (Å²) in [5.41, 5.74) is 6.52. The number of aryl methyl sites for hydroxylation is 4. The summed E-state index contributed by atoms with van der Waals surface area (Å²) in [5.74, 6) is 13.3. The van der Waals surface area contributed by atoms with E-state index in [2.05, 4.69) is 33.9 Å². The van der Waals surface area contributed by atoms with E-state index in [-0.39, 0.29) is 37.5 Å². The quantitative estimate of drug-likeness (QED) is 0.186. The third kappa shape index (κ3) is 7.36. The number of phenols is 2. The molecule has 0 saturated carbocycles. The van der Waals surface area contributed by atoms with E-state index < -0.39 is 0 Å². The van der Waals surface area contributed by atoms with Gasteiger partial charge < -0.3 is 17.6 Å².